The van der Waals surface area contributed by atoms with Crippen LogP contribution >= 0.6 is 0 Å². The van der Waals surface area contributed by atoms with Gasteiger partial charge in [-0.25, -0.2) is 8.42 Å². The fraction of sp³-hybridized carbons (Fsp3) is 0.538. The monoisotopic (exact) mass is 322 g/mol. The molecule has 118 valence electrons. The molecule has 1 aromatic rings. The highest BCUT2D eigenvalue weighted by molar-refractivity contribution is 7.92. The molecule has 0 unspecified atom stereocenters. The van der Waals surface area contributed by atoms with Crippen molar-refractivity contribution < 1.29 is 21.6 Å². The maximum absolute atomic E-state index is 12.4. The van der Waals surface area contributed by atoms with Gasteiger partial charge < -0.3 is 11.1 Å². The number of benzene rings is 1. The van der Waals surface area contributed by atoms with Gasteiger partial charge in [-0.2, -0.15) is 13.2 Å². The van der Waals surface area contributed by atoms with Gasteiger partial charge in [0.2, 0.25) is 0 Å². The molecule has 0 aliphatic heterocycles. The summed E-state index contributed by atoms with van der Waals surface area (Å²) in [6, 6.07) is 5.08. The molecular formula is C13H17F3N2O2S. The van der Waals surface area contributed by atoms with E-state index in [4.69, 9.17) is 5.73 Å². The lowest BCUT2D eigenvalue weighted by Gasteiger charge is -2.27. The molecule has 0 saturated heterocycles. The molecule has 1 saturated carbocycles. The Kier molecular flexibility index (Phi) is 4.48. The Hall–Kier alpha value is -1.28. The van der Waals surface area contributed by atoms with Crippen LogP contribution < -0.4 is 11.1 Å². The minimum Gasteiger partial charge on any atom is -0.382 e. The van der Waals surface area contributed by atoms with Gasteiger partial charge in [-0.3, -0.25) is 0 Å². The van der Waals surface area contributed by atoms with Crippen LogP contribution in [0.15, 0.2) is 29.2 Å². The molecule has 2 rings (SSSR count). The summed E-state index contributed by atoms with van der Waals surface area (Å²) >= 11 is 0. The van der Waals surface area contributed by atoms with Crippen LogP contribution in [0.5, 0.6) is 0 Å². The normalized spacial score (nSPS) is 23.8. The van der Waals surface area contributed by atoms with Crippen molar-refractivity contribution >= 4 is 15.5 Å². The molecule has 21 heavy (non-hydrogen) atoms. The van der Waals surface area contributed by atoms with Crippen LogP contribution in [0.25, 0.3) is 0 Å². The zero-order chi connectivity index (χ0) is 15.7. The Morgan fingerprint density at radius 2 is 1.57 bits per heavy atom. The summed E-state index contributed by atoms with van der Waals surface area (Å²) in [5.74, 6) is 0. The third-order valence-electron chi connectivity index (χ3n) is 3.61. The molecule has 8 heteroatoms. The topological polar surface area (TPSA) is 72.2 Å². The molecule has 0 spiro atoms. The molecule has 1 aromatic carbocycles. The summed E-state index contributed by atoms with van der Waals surface area (Å²) in [6.07, 6.45) is 3.59. The van der Waals surface area contributed by atoms with Crippen LogP contribution in [0.4, 0.5) is 18.9 Å². The van der Waals surface area contributed by atoms with Crippen molar-refractivity contribution in [3.8, 4) is 0 Å². The lowest BCUT2D eigenvalue weighted by atomic mass is 9.92. The smallest absolute Gasteiger partial charge is 0.382 e. The van der Waals surface area contributed by atoms with E-state index in [9.17, 15) is 21.6 Å². The van der Waals surface area contributed by atoms with Gasteiger partial charge in [0.25, 0.3) is 9.84 Å². The maximum atomic E-state index is 12.4. The van der Waals surface area contributed by atoms with Crippen molar-refractivity contribution in [1.82, 2.24) is 0 Å². The predicted octanol–water partition coefficient (Wildman–Crippen LogP) is 2.66. The second kappa shape index (κ2) is 5.84. The zero-order valence-corrected chi connectivity index (χ0v) is 12.0. The molecule has 0 amide bonds. The Balaban J connectivity index is 2.06. The fourth-order valence-corrected chi connectivity index (χ4v) is 3.12. The first-order chi connectivity index (χ1) is 9.70. The third-order valence-corrected chi connectivity index (χ3v) is 5.11. The molecule has 0 heterocycles. The predicted molar refractivity (Wildman–Crippen MR) is 73.5 cm³/mol. The number of sulfone groups is 1. The number of nitrogens with one attached hydrogen (secondary N) is 1. The Morgan fingerprint density at radius 3 is 2.05 bits per heavy atom. The van der Waals surface area contributed by atoms with Gasteiger partial charge in [0.05, 0.1) is 4.90 Å². The summed E-state index contributed by atoms with van der Waals surface area (Å²) in [4.78, 5) is -0.744. The SMILES string of the molecule is NC1CCC(Nc2ccc(S(=O)(=O)C(F)(F)F)cc2)CC1. The van der Waals surface area contributed by atoms with Crippen molar-refractivity contribution in [3.63, 3.8) is 0 Å². The van der Waals surface area contributed by atoms with Crippen LogP contribution in [0.1, 0.15) is 25.7 Å². The van der Waals surface area contributed by atoms with Gasteiger partial charge in [-0.15, -0.1) is 0 Å². The number of rotatable bonds is 3. The van der Waals surface area contributed by atoms with Crippen molar-refractivity contribution in [2.24, 2.45) is 5.73 Å². The van der Waals surface area contributed by atoms with E-state index in [1.165, 1.54) is 12.1 Å². The lowest BCUT2D eigenvalue weighted by molar-refractivity contribution is -0.0436. The Labute approximate surface area is 121 Å². The number of hydrogen-bond acceptors (Lipinski definition) is 4. The molecule has 1 aliphatic rings. The van der Waals surface area contributed by atoms with E-state index >= 15 is 0 Å². The molecule has 0 aromatic heterocycles. The van der Waals surface area contributed by atoms with Gasteiger partial charge >= 0.3 is 5.51 Å². The van der Waals surface area contributed by atoms with E-state index in [1.54, 1.807) is 0 Å². The van der Waals surface area contributed by atoms with E-state index in [-0.39, 0.29) is 12.1 Å². The summed E-state index contributed by atoms with van der Waals surface area (Å²) in [5, 5.41) is 3.19. The Bertz CT molecular complexity index is 576. The van der Waals surface area contributed by atoms with Crippen molar-refractivity contribution in [2.45, 2.75) is 48.2 Å². The molecule has 0 radical (unpaired) electrons. The number of hydrogen-bond donors (Lipinski definition) is 2. The fourth-order valence-electron chi connectivity index (χ4n) is 2.36. The standard InChI is InChI=1S/C13H17F3N2O2S/c14-13(15,16)21(19,20)12-7-5-11(6-8-12)18-10-3-1-9(17)2-4-10/h5-10,18H,1-4,17H2. The van der Waals surface area contributed by atoms with E-state index in [0.29, 0.717) is 5.69 Å². The van der Waals surface area contributed by atoms with Crippen molar-refractivity contribution in [1.29, 1.82) is 0 Å². The first-order valence-corrected chi connectivity index (χ1v) is 8.12. The average Bonchev–Trinajstić information content (AvgIpc) is 2.41. The van der Waals surface area contributed by atoms with Crippen molar-refractivity contribution in [2.75, 3.05) is 5.32 Å². The van der Waals surface area contributed by atoms with Crippen LogP contribution in [0.2, 0.25) is 0 Å². The van der Waals surface area contributed by atoms with Crippen LogP contribution in [0.3, 0.4) is 0 Å². The summed E-state index contributed by atoms with van der Waals surface area (Å²) in [5.41, 5.74) is 1.13. The van der Waals surface area contributed by atoms with E-state index in [0.717, 1.165) is 37.8 Å². The second-order valence-electron chi connectivity index (χ2n) is 5.23. The average molecular weight is 322 g/mol. The minimum atomic E-state index is -5.28. The van der Waals surface area contributed by atoms with E-state index in [2.05, 4.69) is 5.32 Å². The van der Waals surface area contributed by atoms with Crippen LogP contribution in [-0.4, -0.2) is 26.0 Å². The van der Waals surface area contributed by atoms with Gasteiger partial charge in [0, 0.05) is 17.8 Å². The summed E-state index contributed by atoms with van der Waals surface area (Å²) in [7, 11) is -5.28. The van der Waals surface area contributed by atoms with Gasteiger partial charge in [-0.05, 0) is 49.9 Å². The van der Waals surface area contributed by atoms with Crippen LogP contribution in [-0.2, 0) is 9.84 Å². The highest BCUT2D eigenvalue weighted by atomic mass is 32.2. The third kappa shape index (κ3) is 3.68. The molecule has 0 atom stereocenters. The molecular weight excluding hydrogens is 305 g/mol. The molecule has 4 nitrogen and oxygen atoms in total. The van der Waals surface area contributed by atoms with Gasteiger partial charge in [-0.1, -0.05) is 0 Å². The van der Waals surface area contributed by atoms with E-state index < -0.39 is 20.2 Å². The highest BCUT2D eigenvalue weighted by Gasteiger charge is 2.46. The zero-order valence-electron chi connectivity index (χ0n) is 11.2. The van der Waals surface area contributed by atoms with Gasteiger partial charge in [0.1, 0.15) is 0 Å². The lowest BCUT2D eigenvalue weighted by Crippen LogP contribution is -2.32. The number of nitrogens with two attached hydrogens (primary N) is 1. The first-order valence-electron chi connectivity index (χ1n) is 6.63. The molecule has 0 bridgehead atoms. The first kappa shape index (κ1) is 16.1. The number of alkyl halides is 3. The summed E-state index contributed by atoms with van der Waals surface area (Å²) < 4.78 is 59.7. The van der Waals surface area contributed by atoms with Crippen LogP contribution in [0, 0.1) is 0 Å². The summed E-state index contributed by atoms with van der Waals surface area (Å²) in [6.45, 7) is 0. The minimum absolute atomic E-state index is 0.211. The number of anilines is 1. The molecule has 1 fully saturated rings. The largest absolute Gasteiger partial charge is 0.501 e. The molecule has 1 aliphatic carbocycles. The second-order valence-corrected chi connectivity index (χ2v) is 7.17. The van der Waals surface area contributed by atoms with E-state index in [1.807, 2.05) is 0 Å². The Morgan fingerprint density at radius 1 is 1.05 bits per heavy atom. The molecule has 3 N–H and O–H groups in total. The maximum Gasteiger partial charge on any atom is 0.501 e. The van der Waals surface area contributed by atoms with Crippen molar-refractivity contribution in [3.05, 3.63) is 24.3 Å². The van der Waals surface area contributed by atoms with Gasteiger partial charge in [0.15, 0.2) is 0 Å². The highest BCUT2D eigenvalue weighted by Crippen LogP contribution is 2.31. The number of halogens is 3. The quantitative estimate of drug-likeness (QED) is 0.897.